The van der Waals surface area contributed by atoms with E-state index in [4.69, 9.17) is 11.6 Å². The fourth-order valence-electron chi connectivity index (χ4n) is 3.26. The number of sulfonamides is 1. The fraction of sp³-hybridized carbons (Fsp3) is 0.316. The molecule has 1 saturated heterocycles. The Labute approximate surface area is 175 Å². The number of carbonyl (C=O) groups excluding carboxylic acids is 1. The van der Waals surface area contributed by atoms with E-state index in [1.165, 1.54) is 40.7 Å². The molecule has 1 aliphatic rings. The summed E-state index contributed by atoms with van der Waals surface area (Å²) in [6, 6.07) is 12.0. The molecule has 1 amide bonds. The molecule has 1 N–H and O–H groups in total. The number of sulfone groups is 1. The summed E-state index contributed by atoms with van der Waals surface area (Å²) in [5.74, 6) is -0.990. The van der Waals surface area contributed by atoms with Gasteiger partial charge in [0.1, 0.15) is 0 Å². The van der Waals surface area contributed by atoms with Crippen LogP contribution >= 0.6 is 11.6 Å². The number of rotatable bonds is 5. The molecule has 29 heavy (non-hydrogen) atoms. The maximum Gasteiger partial charge on any atom is 0.243 e. The van der Waals surface area contributed by atoms with Crippen LogP contribution in [0.2, 0.25) is 5.02 Å². The lowest BCUT2D eigenvalue weighted by atomic mass is 9.99. The Balaban J connectivity index is 1.78. The van der Waals surface area contributed by atoms with Gasteiger partial charge in [-0.1, -0.05) is 23.7 Å². The summed E-state index contributed by atoms with van der Waals surface area (Å²) >= 11 is 5.83. The van der Waals surface area contributed by atoms with Crippen LogP contribution in [-0.4, -0.2) is 46.4 Å². The molecule has 156 valence electrons. The molecule has 2 aromatic rings. The van der Waals surface area contributed by atoms with Crippen LogP contribution in [0.4, 0.5) is 5.69 Å². The van der Waals surface area contributed by atoms with Crippen LogP contribution < -0.4 is 5.32 Å². The molecule has 1 aliphatic heterocycles. The van der Waals surface area contributed by atoms with Crippen molar-refractivity contribution in [3.05, 3.63) is 53.6 Å². The van der Waals surface area contributed by atoms with E-state index >= 15 is 0 Å². The van der Waals surface area contributed by atoms with Crippen LogP contribution in [0.15, 0.2) is 58.3 Å². The number of benzene rings is 2. The largest absolute Gasteiger partial charge is 0.325 e. The van der Waals surface area contributed by atoms with Gasteiger partial charge in [0.15, 0.2) is 9.84 Å². The Kier molecular flexibility index (Phi) is 6.33. The third-order valence-corrected chi connectivity index (χ3v) is 8.04. The smallest absolute Gasteiger partial charge is 0.243 e. The second-order valence-corrected chi connectivity index (χ2v) is 11.3. The maximum atomic E-state index is 12.9. The third kappa shape index (κ3) is 4.98. The number of halogens is 1. The molecule has 0 aliphatic carbocycles. The van der Waals surface area contributed by atoms with Crippen LogP contribution in [0.25, 0.3) is 0 Å². The van der Waals surface area contributed by atoms with Crippen molar-refractivity contribution in [1.29, 1.82) is 0 Å². The van der Waals surface area contributed by atoms with Crippen molar-refractivity contribution in [2.75, 3.05) is 24.7 Å². The summed E-state index contributed by atoms with van der Waals surface area (Å²) in [6.07, 6.45) is 2.11. The molecular formula is C19H21ClN2O5S2. The number of hydrogen-bond acceptors (Lipinski definition) is 5. The van der Waals surface area contributed by atoms with Crippen molar-refractivity contribution in [2.24, 2.45) is 5.92 Å². The highest BCUT2D eigenvalue weighted by atomic mass is 35.5. The first kappa shape index (κ1) is 21.8. The normalized spacial score (nSPS) is 18.3. The van der Waals surface area contributed by atoms with E-state index in [1.807, 2.05) is 0 Å². The van der Waals surface area contributed by atoms with Crippen molar-refractivity contribution in [2.45, 2.75) is 22.6 Å². The molecule has 3 rings (SSSR count). The van der Waals surface area contributed by atoms with Gasteiger partial charge in [0, 0.05) is 24.4 Å². The summed E-state index contributed by atoms with van der Waals surface area (Å²) in [6.45, 7) is 0.340. The van der Waals surface area contributed by atoms with Gasteiger partial charge in [-0.3, -0.25) is 4.79 Å². The predicted molar refractivity (Wildman–Crippen MR) is 111 cm³/mol. The highest BCUT2D eigenvalue weighted by molar-refractivity contribution is 7.91. The van der Waals surface area contributed by atoms with Gasteiger partial charge < -0.3 is 5.32 Å². The number of hydrogen-bond donors (Lipinski definition) is 1. The molecular weight excluding hydrogens is 436 g/mol. The Morgan fingerprint density at radius 1 is 1.07 bits per heavy atom. The first-order valence-corrected chi connectivity index (χ1v) is 12.7. The molecule has 2 aromatic carbocycles. The maximum absolute atomic E-state index is 12.9. The summed E-state index contributed by atoms with van der Waals surface area (Å²) < 4.78 is 50.9. The van der Waals surface area contributed by atoms with Crippen LogP contribution in [0, 0.1) is 5.92 Å². The van der Waals surface area contributed by atoms with Crippen molar-refractivity contribution < 1.29 is 21.6 Å². The Hall–Kier alpha value is -1.94. The number of anilines is 1. The van der Waals surface area contributed by atoms with Gasteiger partial charge in [-0.05, 0) is 49.2 Å². The predicted octanol–water partition coefficient (Wildman–Crippen LogP) is 2.78. The molecule has 1 unspecified atom stereocenters. The van der Waals surface area contributed by atoms with Crippen molar-refractivity contribution in [3.8, 4) is 0 Å². The minimum Gasteiger partial charge on any atom is -0.325 e. The summed E-state index contributed by atoms with van der Waals surface area (Å²) in [5, 5.41) is 3.08. The number of carbonyl (C=O) groups is 1. The summed E-state index contributed by atoms with van der Waals surface area (Å²) in [7, 11) is -7.27. The molecule has 0 aromatic heterocycles. The van der Waals surface area contributed by atoms with Gasteiger partial charge in [-0.25, -0.2) is 16.8 Å². The zero-order valence-electron chi connectivity index (χ0n) is 15.7. The number of nitrogens with one attached hydrogen (secondary N) is 1. The van der Waals surface area contributed by atoms with Gasteiger partial charge in [0.2, 0.25) is 15.9 Å². The molecule has 0 bridgehead atoms. The van der Waals surface area contributed by atoms with Crippen LogP contribution in [0.3, 0.4) is 0 Å². The van der Waals surface area contributed by atoms with E-state index in [1.54, 1.807) is 12.1 Å². The van der Waals surface area contributed by atoms with Gasteiger partial charge in [0.25, 0.3) is 0 Å². The Morgan fingerprint density at radius 3 is 2.38 bits per heavy atom. The van der Waals surface area contributed by atoms with Crippen LogP contribution in [0.1, 0.15) is 12.8 Å². The number of nitrogens with zero attached hydrogens (tertiary/aromatic N) is 1. The zero-order chi connectivity index (χ0) is 21.2. The van der Waals surface area contributed by atoms with Crippen LogP contribution in [0.5, 0.6) is 0 Å². The molecule has 10 heteroatoms. The topological polar surface area (TPSA) is 101 Å². The molecule has 0 spiro atoms. The monoisotopic (exact) mass is 456 g/mol. The van der Waals surface area contributed by atoms with Crippen molar-refractivity contribution in [3.63, 3.8) is 0 Å². The fourth-order valence-corrected chi connectivity index (χ4v) is 5.75. The molecule has 7 nitrogen and oxygen atoms in total. The van der Waals surface area contributed by atoms with E-state index < -0.39 is 31.7 Å². The van der Waals surface area contributed by atoms with E-state index in [9.17, 15) is 21.6 Å². The first-order chi connectivity index (χ1) is 13.6. The SMILES string of the molecule is CS(=O)(=O)c1ccccc1NC(=O)C1CCCN(S(=O)(=O)c2ccc(Cl)cc2)C1. The van der Waals surface area contributed by atoms with Gasteiger partial charge in [-0.2, -0.15) is 4.31 Å². The van der Waals surface area contributed by atoms with E-state index in [2.05, 4.69) is 5.32 Å². The molecule has 0 saturated carbocycles. The second-order valence-electron chi connectivity index (χ2n) is 6.91. The van der Waals surface area contributed by atoms with Gasteiger partial charge in [0.05, 0.1) is 21.4 Å². The highest BCUT2D eigenvalue weighted by Crippen LogP contribution is 2.27. The van der Waals surface area contributed by atoms with E-state index in [0.717, 1.165) is 6.26 Å². The molecule has 1 atom stereocenters. The molecule has 1 fully saturated rings. The number of para-hydroxylation sites is 1. The minimum atomic E-state index is -3.75. The summed E-state index contributed by atoms with van der Waals surface area (Å²) in [5.41, 5.74) is 0.192. The van der Waals surface area contributed by atoms with Crippen molar-refractivity contribution >= 4 is 43.1 Å². The first-order valence-electron chi connectivity index (χ1n) is 8.95. The lowest BCUT2D eigenvalue weighted by molar-refractivity contribution is -0.120. The number of amides is 1. The zero-order valence-corrected chi connectivity index (χ0v) is 18.1. The number of piperidine rings is 1. The summed E-state index contributed by atoms with van der Waals surface area (Å²) in [4.78, 5) is 12.9. The average molecular weight is 457 g/mol. The van der Waals surface area contributed by atoms with Crippen molar-refractivity contribution in [1.82, 2.24) is 4.31 Å². The molecule has 0 radical (unpaired) electrons. The lowest BCUT2D eigenvalue weighted by Gasteiger charge is -2.31. The van der Waals surface area contributed by atoms with Crippen LogP contribution in [-0.2, 0) is 24.7 Å². The lowest BCUT2D eigenvalue weighted by Crippen LogP contribution is -2.43. The minimum absolute atomic E-state index is 0.0230. The second kappa shape index (κ2) is 8.43. The van der Waals surface area contributed by atoms with E-state index in [0.29, 0.717) is 24.4 Å². The molecule has 1 heterocycles. The Bertz CT molecular complexity index is 1120. The third-order valence-electron chi connectivity index (χ3n) is 4.75. The van der Waals surface area contributed by atoms with E-state index in [-0.39, 0.29) is 22.0 Å². The quantitative estimate of drug-likeness (QED) is 0.745. The highest BCUT2D eigenvalue weighted by Gasteiger charge is 2.33. The standard InChI is InChI=1S/C19H21ClN2O5S2/c1-28(24,25)18-7-3-2-6-17(18)21-19(23)14-5-4-12-22(13-14)29(26,27)16-10-8-15(20)9-11-16/h2-3,6-11,14H,4-5,12-13H2,1H3,(H,21,23). The van der Waals surface area contributed by atoms with Gasteiger partial charge >= 0.3 is 0 Å². The Morgan fingerprint density at radius 2 is 1.72 bits per heavy atom. The average Bonchev–Trinajstić information content (AvgIpc) is 2.68. The van der Waals surface area contributed by atoms with Gasteiger partial charge in [-0.15, -0.1) is 0 Å².